The van der Waals surface area contributed by atoms with Crippen LogP contribution in [0.3, 0.4) is 0 Å². The molecule has 2 rings (SSSR count). The van der Waals surface area contributed by atoms with Gasteiger partial charge in [-0.1, -0.05) is 13.8 Å². The first-order valence-electron chi connectivity index (χ1n) is 5.23. The first-order chi connectivity index (χ1) is 6.67. The smallest absolute Gasteiger partial charge is 0.204 e. The summed E-state index contributed by atoms with van der Waals surface area (Å²) in [4.78, 5) is 16.2. The van der Waals surface area contributed by atoms with Crippen LogP contribution in [0, 0.1) is 5.41 Å². The van der Waals surface area contributed by atoms with Crippen LogP contribution in [-0.2, 0) is 6.54 Å². The van der Waals surface area contributed by atoms with E-state index in [2.05, 4.69) is 11.9 Å². The molecule has 0 aromatic carbocycles. The molecule has 0 spiro atoms. The summed E-state index contributed by atoms with van der Waals surface area (Å²) in [5.41, 5.74) is -0.100. The number of imidazole rings is 1. The Morgan fingerprint density at radius 2 is 2.36 bits per heavy atom. The maximum atomic E-state index is 12.0. The molecule has 0 unspecified atom stereocenters. The van der Waals surface area contributed by atoms with Crippen molar-refractivity contribution in [3.8, 4) is 0 Å². The Kier molecular flexibility index (Phi) is 2.17. The van der Waals surface area contributed by atoms with Crippen molar-refractivity contribution in [1.29, 1.82) is 0 Å². The third-order valence-corrected chi connectivity index (χ3v) is 2.93. The van der Waals surface area contributed by atoms with E-state index in [-0.39, 0.29) is 11.2 Å². The molecule has 0 N–H and O–H groups in total. The molecule has 0 radical (unpaired) electrons. The zero-order chi connectivity index (χ0) is 10.2. The second-order valence-corrected chi connectivity index (χ2v) is 4.33. The largest absolute Gasteiger partial charge is 0.329 e. The molecule has 0 bridgehead atoms. The molecule has 3 heteroatoms. The van der Waals surface area contributed by atoms with E-state index in [0.29, 0.717) is 5.82 Å². The normalized spacial score (nSPS) is 18.1. The number of aromatic nitrogens is 2. The highest BCUT2D eigenvalue weighted by atomic mass is 16.1. The van der Waals surface area contributed by atoms with Gasteiger partial charge in [0.15, 0.2) is 5.82 Å². The van der Waals surface area contributed by atoms with Crippen molar-refractivity contribution >= 4 is 5.78 Å². The Bertz CT molecular complexity index is 350. The summed E-state index contributed by atoms with van der Waals surface area (Å²) in [6.45, 7) is 5.02. The van der Waals surface area contributed by atoms with Gasteiger partial charge in [0.25, 0.3) is 0 Å². The molecule has 1 aromatic heterocycles. The summed E-state index contributed by atoms with van der Waals surface area (Å²) in [5.74, 6) is 0.864. The number of carbonyl (C=O) groups excluding carboxylic acids is 1. The molecule has 76 valence electrons. The molecular weight excluding hydrogens is 176 g/mol. The molecule has 14 heavy (non-hydrogen) atoms. The van der Waals surface area contributed by atoms with Gasteiger partial charge < -0.3 is 4.57 Å². The minimum atomic E-state index is -0.100. The van der Waals surface area contributed by atoms with Gasteiger partial charge in [-0.25, -0.2) is 4.98 Å². The molecule has 0 atom stereocenters. The van der Waals surface area contributed by atoms with Crippen LogP contribution in [0.1, 0.15) is 43.7 Å². The first-order valence-corrected chi connectivity index (χ1v) is 5.23. The zero-order valence-electron chi connectivity index (χ0n) is 8.79. The van der Waals surface area contributed by atoms with Crippen LogP contribution >= 0.6 is 0 Å². The van der Waals surface area contributed by atoms with Crippen molar-refractivity contribution in [2.75, 3.05) is 0 Å². The molecule has 0 saturated heterocycles. The lowest BCUT2D eigenvalue weighted by Crippen LogP contribution is -2.18. The lowest BCUT2D eigenvalue weighted by atomic mass is 10.0. The van der Waals surface area contributed by atoms with Crippen LogP contribution in [0.4, 0.5) is 0 Å². The van der Waals surface area contributed by atoms with Crippen molar-refractivity contribution < 1.29 is 4.79 Å². The van der Waals surface area contributed by atoms with Crippen LogP contribution in [0.5, 0.6) is 0 Å². The van der Waals surface area contributed by atoms with E-state index < -0.39 is 0 Å². The van der Waals surface area contributed by atoms with Gasteiger partial charge in [-0.3, -0.25) is 4.79 Å². The third kappa shape index (κ3) is 1.47. The van der Waals surface area contributed by atoms with Crippen LogP contribution < -0.4 is 0 Å². The fourth-order valence-electron chi connectivity index (χ4n) is 1.62. The number of nitrogens with zero attached hydrogens (tertiary/aromatic N) is 2. The Labute approximate surface area is 84.1 Å². The van der Waals surface area contributed by atoms with E-state index in [1.807, 2.05) is 17.7 Å². The number of hydrogen-bond acceptors (Lipinski definition) is 2. The average Bonchev–Trinajstić information content (AvgIpc) is 2.76. The van der Waals surface area contributed by atoms with Gasteiger partial charge in [-0.05, 0) is 19.3 Å². The van der Waals surface area contributed by atoms with Crippen molar-refractivity contribution in [1.82, 2.24) is 9.55 Å². The standard InChI is InChI=1S/C11H16N2O/c1-3-7-13-8-6-12-10(13)9(14)11(2)4-5-11/h6,8H,3-5,7H2,1-2H3. The Hall–Kier alpha value is -1.12. The quantitative estimate of drug-likeness (QED) is 0.686. The second kappa shape index (κ2) is 3.23. The van der Waals surface area contributed by atoms with Gasteiger partial charge in [-0.2, -0.15) is 0 Å². The average molecular weight is 192 g/mol. The minimum absolute atomic E-state index is 0.100. The molecular formula is C11H16N2O. The van der Waals surface area contributed by atoms with Gasteiger partial charge in [0.2, 0.25) is 5.78 Å². The Morgan fingerprint density at radius 1 is 1.64 bits per heavy atom. The lowest BCUT2D eigenvalue weighted by molar-refractivity contribution is 0.0897. The maximum Gasteiger partial charge on any atom is 0.204 e. The van der Waals surface area contributed by atoms with Crippen molar-refractivity contribution in [3.05, 3.63) is 18.2 Å². The van der Waals surface area contributed by atoms with Gasteiger partial charge >= 0.3 is 0 Å². The monoisotopic (exact) mass is 192 g/mol. The SMILES string of the molecule is CCCn1ccnc1C(=O)C1(C)CC1. The van der Waals surface area contributed by atoms with Gasteiger partial charge in [0, 0.05) is 24.4 Å². The van der Waals surface area contributed by atoms with Crippen molar-refractivity contribution in [2.24, 2.45) is 5.41 Å². The topological polar surface area (TPSA) is 34.9 Å². The summed E-state index contributed by atoms with van der Waals surface area (Å²) < 4.78 is 1.96. The molecule has 1 aromatic rings. The second-order valence-electron chi connectivity index (χ2n) is 4.33. The minimum Gasteiger partial charge on any atom is -0.329 e. The molecule has 1 fully saturated rings. The van der Waals surface area contributed by atoms with E-state index in [9.17, 15) is 4.79 Å². The highest BCUT2D eigenvalue weighted by molar-refractivity contribution is 5.99. The third-order valence-electron chi connectivity index (χ3n) is 2.93. The predicted molar refractivity (Wildman–Crippen MR) is 54.2 cm³/mol. The molecule has 1 saturated carbocycles. The van der Waals surface area contributed by atoms with Crippen molar-refractivity contribution in [3.63, 3.8) is 0 Å². The van der Waals surface area contributed by atoms with E-state index in [1.54, 1.807) is 6.20 Å². The summed E-state index contributed by atoms with van der Waals surface area (Å²) >= 11 is 0. The van der Waals surface area contributed by atoms with Crippen molar-refractivity contribution in [2.45, 2.75) is 39.7 Å². The summed E-state index contributed by atoms with van der Waals surface area (Å²) in [5, 5.41) is 0. The van der Waals surface area contributed by atoms with E-state index >= 15 is 0 Å². The number of ketones is 1. The van der Waals surface area contributed by atoms with Gasteiger partial charge in [0.05, 0.1) is 0 Å². The summed E-state index contributed by atoms with van der Waals surface area (Å²) in [6, 6.07) is 0. The van der Waals surface area contributed by atoms with E-state index in [4.69, 9.17) is 0 Å². The summed E-state index contributed by atoms with van der Waals surface area (Å²) in [7, 11) is 0. The fourth-order valence-corrected chi connectivity index (χ4v) is 1.62. The van der Waals surface area contributed by atoms with E-state index in [1.165, 1.54) is 0 Å². The highest BCUT2D eigenvalue weighted by Gasteiger charge is 2.46. The molecule has 1 heterocycles. The maximum absolute atomic E-state index is 12.0. The van der Waals surface area contributed by atoms with Crippen LogP contribution in [0.25, 0.3) is 0 Å². The number of aryl methyl sites for hydroxylation is 1. The fraction of sp³-hybridized carbons (Fsp3) is 0.636. The van der Waals surface area contributed by atoms with Gasteiger partial charge in [-0.15, -0.1) is 0 Å². The lowest BCUT2D eigenvalue weighted by Gasteiger charge is -2.08. The molecule has 0 aliphatic heterocycles. The van der Waals surface area contributed by atoms with Crippen LogP contribution in [-0.4, -0.2) is 15.3 Å². The van der Waals surface area contributed by atoms with Crippen LogP contribution in [0.15, 0.2) is 12.4 Å². The molecule has 3 nitrogen and oxygen atoms in total. The molecule has 1 aliphatic carbocycles. The zero-order valence-corrected chi connectivity index (χ0v) is 8.79. The molecule has 1 aliphatic rings. The highest BCUT2D eigenvalue weighted by Crippen LogP contribution is 2.47. The number of rotatable bonds is 4. The number of hydrogen-bond donors (Lipinski definition) is 0. The van der Waals surface area contributed by atoms with Gasteiger partial charge in [0.1, 0.15) is 0 Å². The first kappa shape index (κ1) is 9.44. The number of carbonyl (C=O) groups is 1. The van der Waals surface area contributed by atoms with E-state index in [0.717, 1.165) is 25.8 Å². The van der Waals surface area contributed by atoms with Crippen LogP contribution in [0.2, 0.25) is 0 Å². The Morgan fingerprint density at radius 3 is 2.93 bits per heavy atom. The summed E-state index contributed by atoms with van der Waals surface area (Å²) in [6.07, 6.45) is 6.68. The number of Topliss-reactive ketones (excluding diaryl/α,β-unsaturated/α-hetero) is 1. The Balaban J connectivity index is 2.22. The molecule has 0 amide bonds. The predicted octanol–water partition coefficient (Wildman–Crippen LogP) is 2.28.